The molecule has 1 aliphatic heterocycles. The summed E-state index contributed by atoms with van der Waals surface area (Å²) in [5.41, 5.74) is 0. The van der Waals surface area contributed by atoms with E-state index < -0.39 is 0 Å². The Kier molecular flexibility index (Phi) is 1.49. The third-order valence-electron chi connectivity index (χ3n) is 6.70. The molecule has 16 heavy (non-hydrogen) atoms. The molecule has 4 aliphatic carbocycles. The van der Waals surface area contributed by atoms with Gasteiger partial charge in [0.2, 0.25) is 0 Å². The van der Waals surface area contributed by atoms with Gasteiger partial charge in [0.05, 0.1) is 18.8 Å². The molecule has 4 saturated carbocycles. The number of aliphatic hydroxyl groups excluding tert-OH is 1. The summed E-state index contributed by atoms with van der Waals surface area (Å²) in [7, 11) is 0. The highest BCUT2D eigenvalue weighted by Gasteiger charge is 2.67. The fourth-order valence-electron chi connectivity index (χ4n) is 6.37. The van der Waals surface area contributed by atoms with E-state index in [1.54, 1.807) is 0 Å². The van der Waals surface area contributed by atoms with Crippen molar-refractivity contribution in [2.75, 3.05) is 6.61 Å². The normalized spacial score (nSPS) is 69.9. The Bertz CT molecular complexity index is 338. The maximum atomic E-state index is 10.5. The van der Waals surface area contributed by atoms with Gasteiger partial charge in [-0.1, -0.05) is 0 Å². The molecule has 0 spiro atoms. The highest BCUT2D eigenvalue weighted by Crippen LogP contribution is 2.69. The molecule has 0 amide bonds. The zero-order valence-corrected chi connectivity index (χ0v) is 9.59. The first-order valence-electron chi connectivity index (χ1n) is 7.14. The van der Waals surface area contributed by atoms with E-state index in [1.165, 1.54) is 25.7 Å². The molecule has 5 rings (SSSR count). The minimum absolute atomic E-state index is 0.0156. The summed E-state index contributed by atoms with van der Waals surface area (Å²) in [6, 6.07) is 0. The lowest BCUT2D eigenvalue weighted by Crippen LogP contribution is -2.43. The van der Waals surface area contributed by atoms with Crippen LogP contribution in [-0.2, 0) is 4.74 Å². The van der Waals surface area contributed by atoms with Crippen molar-refractivity contribution < 1.29 is 9.84 Å². The molecular weight excluding hydrogens is 200 g/mol. The van der Waals surface area contributed by atoms with Crippen LogP contribution in [0.2, 0.25) is 0 Å². The number of hydrogen-bond donors (Lipinski definition) is 1. The van der Waals surface area contributed by atoms with E-state index in [0.717, 1.165) is 36.2 Å². The molecule has 88 valence electrons. The summed E-state index contributed by atoms with van der Waals surface area (Å²) < 4.78 is 5.48. The Labute approximate surface area is 96.4 Å². The predicted octanol–water partition coefficient (Wildman–Crippen LogP) is 1.67. The van der Waals surface area contributed by atoms with Gasteiger partial charge < -0.3 is 9.84 Å². The first kappa shape index (κ1) is 8.93. The van der Waals surface area contributed by atoms with Gasteiger partial charge in [-0.15, -0.1) is 0 Å². The van der Waals surface area contributed by atoms with Gasteiger partial charge in [0, 0.05) is 5.92 Å². The van der Waals surface area contributed by atoms with Gasteiger partial charge in [0.1, 0.15) is 0 Å². The zero-order chi connectivity index (χ0) is 10.4. The monoisotopic (exact) mass is 220 g/mol. The van der Waals surface area contributed by atoms with Crippen LogP contribution >= 0.6 is 0 Å². The molecule has 2 heteroatoms. The molecule has 5 fully saturated rings. The molecule has 0 aromatic rings. The maximum absolute atomic E-state index is 10.5. The van der Waals surface area contributed by atoms with Crippen LogP contribution < -0.4 is 0 Å². The Morgan fingerprint density at radius 1 is 0.875 bits per heavy atom. The van der Waals surface area contributed by atoms with Crippen molar-refractivity contribution >= 4 is 0 Å². The van der Waals surface area contributed by atoms with Gasteiger partial charge in [0.25, 0.3) is 0 Å². The molecule has 5 aliphatic rings. The van der Waals surface area contributed by atoms with Gasteiger partial charge in [-0.05, 0) is 61.2 Å². The first-order chi connectivity index (χ1) is 7.84. The molecular formula is C14H20O2. The SMILES string of the molecule is OC1C2CC(C1C1CO1)C1C3CCC(C3)C21. The summed E-state index contributed by atoms with van der Waals surface area (Å²) in [6.07, 6.45) is 6.19. The molecule has 0 radical (unpaired) electrons. The summed E-state index contributed by atoms with van der Waals surface area (Å²) >= 11 is 0. The average Bonchev–Trinajstić information content (AvgIpc) is 2.70. The van der Waals surface area contributed by atoms with Crippen molar-refractivity contribution in [3.63, 3.8) is 0 Å². The van der Waals surface area contributed by atoms with Crippen LogP contribution in [-0.4, -0.2) is 23.9 Å². The second-order valence-electron chi connectivity index (χ2n) is 6.99. The topological polar surface area (TPSA) is 32.8 Å². The van der Waals surface area contributed by atoms with Crippen LogP contribution in [0, 0.1) is 41.4 Å². The fourth-order valence-corrected chi connectivity index (χ4v) is 6.37. The summed E-state index contributed by atoms with van der Waals surface area (Å²) in [4.78, 5) is 0. The van der Waals surface area contributed by atoms with E-state index in [9.17, 15) is 5.11 Å². The molecule has 1 saturated heterocycles. The Morgan fingerprint density at radius 3 is 2.25 bits per heavy atom. The van der Waals surface area contributed by atoms with Crippen LogP contribution in [0.15, 0.2) is 0 Å². The molecule has 0 aromatic carbocycles. The van der Waals surface area contributed by atoms with E-state index in [4.69, 9.17) is 4.74 Å². The van der Waals surface area contributed by atoms with Crippen LogP contribution in [0.25, 0.3) is 0 Å². The van der Waals surface area contributed by atoms with E-state index >= 15 is 0 Å². The third-order valence-corrected chi connectivity index (χ3v) is 6.70. The van der Waals surface area contributed by atoms with Gasteiger partial charge in [-0.3, -0.25) is 0 Å². The summed E-state index contributed by atoms with van der Waals surface area (Å²) in [5, 5.41) is 10.5. The Balaban J connectivity index is 1.54. The van der Waals surface area contributed by atoms with Gasteiger partial charge in [-0.2, -0.15) is 0 Å². The first-order valence-corrected chi connectivity index (χ1v) is 7.14. The van der Waals surface area contributed by atoms with Crippen LogP contribution in [0.5, 0.6) is 0 Å². The molecule has 0 aromatic heterocycles. The highest BCUT2D eigenvalue weighted by molar-refractivity contribution is 5.15. The molecule has 9 atom stereocenters. The Hall–Kier alpha value is -0.0800. The van der Waals surface area contributed by atoms with Crippen molar-refractivity contribution in [1.29, 1.82) is 0 Å². The molecule has 9 unspecified atom stereocenters. The summed E-state index contributed by atoms with van der Waals surface area (Å²) in [6.45, 7) is 0.927. The molecule has 4 bridgehead atoms. The third kappa shape index (κ3) is 0.862. The second-order valence-corrected chi connectivity index (χ2v) is 6.99. The second kappa shape index (κ2) is 2.67. The lowest BCUT2D eigenvalue weighted by atomic mass is 9.66. The maximum Gasteiger partial charge on any atom is 0.0865 e. The zero-order valence-electron chi connectivity index (χ0n) is 9.59. The van der Waals surface area contributed by atoms with Gasteiger partial charge in [0.15, 0.2) is 0 Å². The minimum atomic E-state index is -0.0156. The highest BCUT2D eigenvalue weighted by atomic mass is 16.6. The number of hydrogen-bond acceptors (Lipinski definition) is 2. The van der Waals surface area contributed by atoms with Gasteiger partial charge in [-0.25, -0.2) is 0 Å². The van der Waals surface area contributed by atoms with Crippen molar-refractivity contribution in [2.45, 2.75) is 37.9 Å². The number of aliphatic hydroxyl groups is 1. The van der Waals surface area contributed by atoms with Crippen molar-refractivity contribution in [2.24, 2.45) is 41.4 Å². The minimum Gasteiger partial charge on any atom is -0.392 e. The van der Waals surface area contributed by atoms with Crippen molar-refractivity contribution in [3.05, 3.63) is 0 Å². The summed E-state index contributed by atoms with van der Waals surface area (Å²) in [5.74, 6) is 5.91. The van der Waals surface area contributed by atoms with Crippen LogP contribution in [0.4, 0.5) is 0 Å². The van der Waals surface area contributed by atoms with E-state index in [-0.39, 0.29) is 6.10 Å². The number of rotatable bonds is 1. The van der Waals surface area contributed by atoms with E-state index in [2.05, 4.69) is 0 Å². The average molecular weight is 220 g/mol. The standard InChI is InChI=1S/C14H20O2/c15-14-9-4-8(13(14)10-5-16-10)11-6-1-2-7(3-6)12(9)11/h6-15H,1-5H2. The fraction of sp³-hybridized carbons (Fsp3) is 1.00. The number of epoxide rings is 1. The van der Waals surface area contributed by atoms with Crippen molar-refractivity contribution in [3.8, 4) is 0 Å². The lowest BCUT2D eigenvalue weighted by molar-refractivity contribution is -0.0257. The molecule has 1 N–H and O–H groups in total. The van der Waals surface area contributed by atoms with Gasteiger partial charge >= 0.3 is 0 Å². The quantitative estimate of drug-likeness (QED) is 0.538. The van der Waals surface area contributed by atoms with Crippen LogP contribution in [0.3, 0.4) is 0 Å². The predicted molar refractivity (Wildman–Crippen MR) is 58.6 cm³/mol. The van der Waals surface area contributed by atoms with Crippen molar-refractivity contribution in [1.82, 2.24) is 0 Å². The smallest absolute Gasteiger partial charge is 0.0865 e. The molecule has 2 nitrogen and oxygen atoms in total. The van der Waals surface area contributed by atoms with Crippen LogP contribution in [0.1, 0.15) is 25.7 Å². The number of fused-ring (bicyclic) bond motifs is 9. The lowest BCUT2D eigenvalue weighted by Gasteiger charge is -2.41. The molecule has 1 heterocycles. The van der Waals surface area contributed by atoms with E-state index in [0.29, 0.717) is 17.9 Å². The largest absolute Gasteiger partial charge is 0.392 e. The van der Waals surface area contributed by atoms with E-state index in [1.807, 2.05) is 0 Å². The Morgan fingerprint density at radius 2 is 1.56 bits per heavy atom. The number of ether oxygens (including phenoxy) is 1.